The van der Waals surface area contributed by atoms with Crippen molar-refractivity contribution < 1.29 is 9.59 Å². The van der Waals surface area contributed by atoms with Crippen molar-refractivity contribution in [2.24, 2.45) is 16.0 Å². The molecule has 6 nitrogen and oxygen atoms in total. The molecule has 126 valence electrons. The average molecular weight is 347 g/mol. The molecule has 0 fully saturated rings. The number of nitrogens with zero attached hydrogens (tertiary/aromatic N) is 2. The second kappa shape index (κ2) is 7.02. The number of hydrogen-bond acceptors (Lipinski definition) is 4. The highest BCUT2D eigenvalue weighted by molar-refractivity contribution is 6.30. The molecule has 1 atom stereocenters. The molecule has 1 aliphatic rings. The molecule has 0 aliphatic carbocycles. The molecule has 1 heterocycles. The summed E-state index contributed by atoms with van der Waals surface area (Å²) in [7, 11) is 0. The van der Waals surface area contributed by atoms with Crippen molar-refractivity contribution in [1.29, 1.82) is 0 Å². The van der Waals surface area contributed by atoms with Crippen LogP contribution in [0.2, 0.25) is 5.02 Å². The molecule has 7 heteroatoms. The third-order valence-corrected chi connectivity index (χ3v) is 4.32. The van der Waals surface area contributed by atoms with Gasteiger partial charge in [0, 0.05) is 30.7 Å². The maximum atomic E-state index is 12.3. The molecule has 2 amide bonds. The summed E-state index contributed by atoms with van der Waals surface area (Å²) in [6, 6.07) is 6.67. The lowest BCUT2D eigenvalue weighted by Gasteiger charge is -2.28. The highest BCUT2D eigenvalue weighted by Crippen LogP contribution is 2.37. The summed E-state index contributed by atoms with van der Waals surface area (Å²) in [4.78, 5) is 24.2. The van der Waals surface area contributed by atoms with E-state index in [2.05, 4.69) is 21.5 Å². The van der Waals surface area contributed by atoms with Crippen LogP contribution in [-0.4, -0.2) is 17.5 Å². The number of halogens is 1. The van der Waals surface area contributed by atoms with Gasteiger partial charge in [0.25, 0.3) is 0 Å². The topological polar surface area (TPSA) is 96.9 Å². The standard InChI is InChI=1S/C17H19ClN4O2/c1-3-4-9-17(21-22-17)10-8-14(23)20-16(2,15(19)24)12-6-5-7-13(18)11-12/h1,5-7,11H,4,8-10H2,2H3,(H2,19,24)(H,20,23). The summed E-state index contributed by atoms with van der Waals surface area (Å²) in [5.41, 5.74) is 4.15. The van der Waals surface area contributed by atoms with Gasteiger partial charge < -0.3 is 11.1 Å². The van der Waals surface area contributed by atoms with Crippen LogP contribution in [0.15, 0.2) is 34.5 Å². The first-order valence-electron chi connectivity index (χ1n) is 7.56. The quantitative estimate of drug-likeness (QED) is 0.707. The lowest BCUT2D eigenvalue weighted by atomic mass is 9.90. The zero-order valence-electron chi connectivity index (χ0n) is 13.4. The van der Waals surface area contributed by atoms with E-state index in [4.69, 9.17) is 23.8 Å². The van der Waals surface area contributed by atoms with E-state index in [0.29, 0.717) is 29.8 Å². The number of carbonyl (C=O) groups excluding carboxylic acids is 2. The summed E-state index contributed by atoms with van der Waals surface area (Å²) < 4.78 is 0. The van der Waals surface area contributed by atoms with Crippen molar-refractivity contribution >= 4 is 23.4 Å². The van der Waals surface area contributed by atoms with Crippen molar-refractivity contribution in [3.63, 3.8) is 0 Å². The van der Waals surface area contributed by atoms with Crippen molar-refractivity contribution in [3.8, 4) is 12.3 Å². The first-order chi connectivity index (χ1) is 11.3. The Labute approximate surface area is 145 Å². The second-order valence-corrected chi connectivity index (χ2v) is 6.37. The molecule has 0 spiro atoms. The number of benzene rings is 1. The molecular weight excluding hydrogens is 328 g/mol. The van der Waals surface area contributed by atoms with Gasteiger partial charge >= 0.3 is 0 Å². The van der Waals surface area contributed by atoms with Gasteiger partial charge in [-0.3, -0.25) is 9.59 Å². The number of hydrogen-bond donors (Lipinski definition) is 2. The molecule has 1 aromatic carbocycles. The van der Waals surface area contributed by atoms with Crippen molar-refractivity contribution in [2.45, 2.75) is 43.8 Å². The summed E-state index contributed by atoms with van der Waals surface area (Å²) in [6.07, 6.45) is 7.03. The molecule has 24 heavy (non-hydrogen) atoms. The van der Waals surface area contributed by atoms with Crippen molar-refractivity contribution in [1.82, 2.24) is 5.32 Å². The second-order valence-electron chi connectivity index (χ2n) is 5.93. The van der Waals surface area contributed by atoms with E-state index in [0.717, 1.165) is 0 Å². The number of nitrogens with two attached hydrogens (primary N) is 1. The van der Waals surface area contributed by atoms with E-state index in [1.165, 1.54) is 0 Å². The zero-order chi connectivity index (χ0) is 17.8. The fourth-order valence-electron chi connectivity index (χ4n) is 2.40. The molecule has 1 aromatic rings. The number of nitrogens with one attached hydrogen (secondary N) is 1. The minimum Gasteiger partial charge on any atom is -0.367 e. The highest BCUT2D eigenvalue weighted by Gasteiger charge is 2.40. The van der Waals surface area contributed by atoms with Gasteiger partial charge in [0.05, 0.1) is 0 Å². The van der Waals surface area contributed by atoms with Crippen LogP contribution < -0.4 is 11.1 Å². The maximum Gasteiger partial charge on any atom is 0.247 e. The molecule has 1 aliphatic heterocycles. The van der Waals surface area contributed by atoms with Crippen molar-refractivity contribution in [3.05, 3.63) is 34.9 Å². The van der Waals surface area contributed by atoms with Crippen LogP contribution in [0.4, 0.5) is 0 Å². The fraction of sp³-hybridized carbons (Fsp3) is 0.412. The smallest absolute Gasteiger partial charge is 0.247 e. The summed E-state index contributed by atoms with van der Waals surface area (Å²) in [5.74, 6) is 1.56. The Morgan fingerprint density at radius 3 is 2.67 bits per heavy atom. The first-order valence-corrected chi connectivity index (χ1v) is 7.94. The van der Waals surface area contributed by atoms with Crippen LogP contribution in [-0.2, 0) is 15.1 Å². The lowest BCUT2D eigenvalue weighted by molar-refractivity contribution is -0.131. The third-order valence-electron chi connectivity index (χ3n) is 4.09. The minimum atomic E-state index is -1.34. The van der Waals surface area contributed by atoms with E-state index in [1.54, 1.807) is 31.2 Å². The van der Waals surface area contributed by atoms with Gasteiger partial charge in [0.1, 0.15) is 5.54 Å². The number of amides is 2. The Balaban J connectivity index is 2.02. The monoisotopic (exact) mass is 346 g/mol. The van der Waals surface area contributed by atoms with Crippen molar-refractivity contribution in [2.75, 3.05) is 0 Å². The molecule has 1 unspecified atom stereocenters. The van der Waals surface area contributed by atoms with Crippen LogP contribution in [0.25, 0.3) is 0 Å². The molecular formula is C17H19ClN4O2. The highest BCUT2D eigenvalue weighted by atomic mass is 35.5. The predicted octanol–water partition coefficient (Wildman–Crippen LogP) is 2.51. The Kier molecular flexibility index (Phi) is 5.25. The van der Waals surface area contributed by atoms with Gasteiger partial charge in [-0.25, -0.2) is 0 Å². The summed E-state index contributed by atoms with van der Waals surface area (Å²) in [5, 5.41) is 11.1. The van der Waals surface area contributed by atoms with Crippen LogP contribution in [0.3, 0.4) is 0 Å². The molecule has 0 aromatic heterocycles. The minimum absolute atomic E-state index is 0.168. The first kappa shape index (κ1) is 18.0. The molecule has 0 radical (unpaired) electrons. The molecule has 3 N–H and O–H groups in total. The zero-order valence-corrected chi connectivity index (χ0v) is 14.1. The summed E-state index contributed by atoms with van der Waals surface area (Å²) >= 11 is 5.96. The maximum absolute atomic E-state index is 12.3. The summed E-state index contributed by atoms with van der Waals surface area (Å²) in [6.45, 7) is 1.55. The van der Waals surface area contributed by atoms with Gasteiger partial charge in [-0.05, 0) is 24.6 Å². The van der Waals surface area contributed by atoms with Gasteiger partial charge in [-0.1, -0.05) is 23.7 Å². The third kappa shape index (κ3) is 4.12. The number of rotatable bonds is 8. The van der Waals surface area contributed by atoms with Gasteiger partial charge in [0.2, 0.25) is 11.8 Å². The van der Waals surface area contributed by atoms with Gasteiger partial charge in [-0.2, -0.15) is 10.2 Å². The normalized spacial score (nSPS) is 16.7. The Morgan fingerprint density at radius 1 is 1.42 bits per heavy atom. The Bertz CT molecular complexity index is 720. The number of carbonyl (C=O) groups is 2. The molecule has 2 rings (SSSR count). The number of terminal acetylenes is 1. The molecule has 0 saturated heterocycles. The SMILES string of the molecule is C#CCCC1(CCC(=O)NC(C)(C(N)=O)c2cccc(Cl)c2)N=N1. The molecule has 0 bridgehead atoms. The Morgan fingerprint density at radius 2 is 2.12 bits per heavy atom. The van der Waals surface area contributed by atoms with Crippen LogP contribution >= 0.6 is 11.6 Å². The number of primary amides is 1. The van der Waals surface area contributed by atoms with E-state index >= 15 is 0 Å². The average Bonchev–Trinajstić information content (AvgIpc) is 3.31. The van der Waals surface area contributed by atoms with E-state index < -0.39 is 17.1 Å². The fourth-order valence-corrected chi connectivity index (χ4v) is 2.59. The Hall–Kier alpha value is -2.39. The van der Waals surface area contributed by atoms with E-state index in [1.807, 2.05) is 0 Å². The van der Waals surface area contributed by atoms with Gasteiger partial charge in [0.15, 0.2) is 5.66 Å². The van der Waals surface area contributed by atoms with Crippen LogP contribution in [0.1, 0.15) is 38.2 Å². The lowest BCUT2D eigenvalue weighted by Crippen LogP contribution is -2.52. The van der Waals surface area contributed by atoms with Gasteiger partial charge in [-0.15, -0.1) is 12.3 Å². The van der Waals surface area contributed by atoms with Crippen LogP contribution in [0, 0.1) is 12.3 Å². The molecule has 0 saturated carbocycles. The van der Waals surface area contributed by atoms with E-state index in [-0.39, 0.29) is 12.3 Å². The van der Waals surface area contributed by atoms with Crippen LogP contribution in [0.5, 0.6) is 0 Å². The largest absolute Gasteiger partial charge is 0.367 e. The predicted molar refractivity (Wildman–Crippen MR) is 91.0 cm³/mol. The van der Waals surface area contributed by atoms with E-state index in [9.17, 15) is 9.59 Å².